The van der Waals surface area contributed by atoms with Gasteiger partial charge in [-0.3, -0.25) is 9.59 Å². The molecule has 8 nitrogen and oxygen atoms in total. The summed E-state index contributed by atoms with van der Waals surface area (Å²) in [5.74, 6) is -1.51. The molecule has 0 saturated heterocycles. The van der Waals surface area contributed by atoms with Crippen LogP contribution < -0.4 is 20.3 Å². The maximum Gasteiger partial charge on any atom is 0.335 e. The van der Waals surface area contributed by atoms with E-state index >= 15 is 0 Å². The van der Waals surface area contributed by atoms with Crippen LogP contribution in [0.2, 0.25) is 0 Å². The summed E-state index contributed by atoms with van der Waals surface area (Å²) in [6.07, 6.45) is 1.37. The number of carbonyl (C=O) groups excluding carboxylic acids is 1. The Hall–Kier alpha value is -4.85. The highest BCUT2D eigenvalue weighted by molar-refractivity contribution is 5.92. The van der Waals surface area contributed by atoms with Gasteiger partial charge in [0.05, 0.1) is 11.8 Å². The molecule has 2 N–H and O–H groups in total. The van der Waals surface area contributed by atoms with Crippen molar-refractivity contribution < 1.29 is 24.3 Å². The highest BCUT2D eigenvalue weighted by atomic mass is 16.7. The van der Waals surface area contributed by atoms with Gasteiger partial charge in [0.25, 0.3) is 5.91 Å². The molecule has 4 rings (SSSR count). The Morgan fingerprint density at radius 3 is 2.03 bits per heavy atom. The average Bonchev–Trinajstić information content (AvgIpc) is 2.91. The number of pyridine rings is 1. The van der Waals surface area contributed by atoms with Crippen LogP contribution in [0.4, 0.5) is 0 Å². The summed E-state index contributed by atoms with van der Waals surface area (Å²) in [7, 11) is 0. The molecule has 0 saturated carbocycles. The van der Waals surface area contributed by atoms with E-state index in [2.05, 4.69) is 5.32 Å². The summed E-state index contributed by atoms with van der Waals surface area (Å²) in [6, 6.07) is 26.1. The van der Waals surface area contributed by atoms with Gasteiger partial charge in [0.2, 0.25) is 5.43 Å². The first-order chi connectivity index (χ1) is 17.5. The quantitative estimate of drug-likeness (QED) is 0.356. The Morgan fingerprint density at radius 1 is 0.806 bits per heavy atom. The average molecular weight is 485 g/mol. The smallest absolute Gasteiger partial charge is 0.335 e. The van der Waals surface area contributed by atoms with E-state index in [1.807, 2.05) is 60.7 Å². The van der Waals surface area contributed by atoms with Crippen LogP contribution in [0.25, 0.3) is 0 Å². The molecule has 0 spiro atoms. The van der Waals surface area contributed by atoms with Crippen molar-refractivity contribution in [3.63, 3.8) is 0 Å². The third kappa shape index (κ3) is 6.38. The number of carbonyl (C=O) groups is 2. The van der Waals surface area contributed by atoms with E-state index in [0.717, 1.165) is 11.1 Å². The van der Waals surface area contributed by atoms with Gasteiger partial charge in [-0.25, -0.2) is 4.79 Å². The van der Waals surface area contributed by atoms with Crippen molar-refractivity contribution in [1.82, 2.24) is 10.0 Å². The number of carboxylic acid groups (broad SMARTS) is 1. The Kier molecular flexibility index (Phi) is 7.77. The Labute approximate surface area is 207 Å². The van der Waals surface area contributed by atoms with Crippen molar-refractivity contribution in [3.8, 4) is 5.75 Å². The van der Waals surface area contributed by atoms with E-state index in [1.54, 1.807) is 12.1 Å². The van der Waals surface area contributed by atoms with Gasteiger partial charge in [-0.05, 0) is 28.8 Å². The van der Waals surface area contributed by atoms with Gasteiger partial charge in [0.15, 0.2) is 5.75 Å². The summed E-state index contributed by atoms with van der Waals surface area (Å²) in [5.41, 5.74) is 2.18. The molecule has 8 heteroatoms. The fourth-order valence-electron chi connectivity index (χ4n) is 3.37. The maximum atomic E-state index is 13.0. The number of nitrogens with one attached hydrogen (secondary N) is 1. The van der Waals surface area contributed by atoms with Crippen LogP contribution >= 0.6 is 0 Å². The van der Waals surface area contributed by atoms with Crippen molar-refractivity contribution in [2.75, 3.05) is 0 Å². The zero-order chi connectivity index (χ0) is 25.3. The van der Waals surface area contributed by atoms with Gasteiger partial charge in [-0.15, -0.1) is 0 Å². The lowest BCUT2D eigenvalue weighted by Gasteiger charge is -2.16. The Bertz CT molecular complexity index is 1380. The molecule has 0 atom stereocenters. The van der Waals surface area contributed by atoms with E-state index in [1.165, 1.54) is 29.1 Å². The molecule has 0 fully saturated rings. The molecule has 36 heavy (non-hydrogen) atoms. The molecule has 0 bridgehead atoms. The number of rotatable bonds is 10. The highest BCUT2D eigenvalue weighted by Gasteiger charge is 2.16. The SMILES string of the molecule is O=C(O)c1ccc(CNC(=O)c2cc(=O)c(OCc3ccccc3)cn2OCc2ccccc2)cc1. The van der Waals surface area contributed by atoms with E-state index in [0.29, 0.717) is 5.56 Å². The first-order valence-corrected chi connectivity index (χ1v) is 11.2. The fraction of sp³-hybridized carbons (Fsp3) is 0.107. The summed E-state index contributed by atoms with van der Waals surface area (Å²) < 4.78 is 6.95. The van der Waals surface area contributed by atoms with E-state index in [4.69, 9.17) is 14.7 Å². The Balaban J connectivity index is 1.53. The predicted molar refractivity (Wildman–Crippen MR) is 133 cm³/mol. The van der Waals surface area contributed by atoms with Crippen molar-refractivity contribution >= 4 is 11.9 Å². The third-order valence-corrected chi connectivity index (χ3v) is 5.32. The van der Waals surface area contributed by atoms with Crippen LogP contribution in [0.15, 0.2) is 102 Å². The number of aromatic carboxylic acids is 1. The molecule has 0 aliphatic rings. The fourth-order valence-corrected chi connectivity index (χ4v) is 3.37. The van der Waals surface area contributed by atoms with Crippen molar-refractivity contribution in [3.05, 3.63) is 135 Å². The van der Waals surface area contributed by atoms with Gasteiger partial charge in [0, 0.05) is 12.6 Å². The monoisotopic (exact) mass is 484 g/mol. The number of amides is 1. The van der Waals surface area contributed by atoms with Gasteiger partial charge in [0.1, 0.15) is 18.9 Å². The molecular formula is C28H24N2O6. The minimum atomic E-state index is -1.03. The van der Waals surface area contributed by atoms with Crippen LogP contribution in [-0.2, 0) is 19.8 Å². The van der Waals surface area contributed by atoms with E-state index < -0.39 is 17.3 Å². The molecule has 1 aromatic heterocycles. The van der Waals surface area contributed by atoms with Crippen LogP contribution in [0, 0.1) is 0 Å². The second-order valence-corrected chi connectivity index (χ2v) is 7.93. The van der Waals surface area contributed by atoms with Crippen LogP contribution in [0.3, 0.4) is 0 Å². The highest BCUT2D eigenvalue weighted by Crippen LogP contribution is 2.11. The lowest BCUT2D eigenvalue weighted by Crippen LogP contribution is -2.31. The Morgan fingerprint density at radius 2 is 1.42 bits per heavy atom. The summed E-state index contributed by atoms with van der Waals surface area (Å²) in [4.78, 5) is 42.6. The molecular weight excluding hydrogens is 460 g/mol. The number of aromatic nitrogens is 1. The van der Waals surface area contributed by atoms with Gasteiger partial charge in [-0.1, -0.05) is 72.8 Å². The third-order valence-electron chi connectivity index (χ3n) is 5.32. The number of hydrogen-bond acceptors (Lipinski definition) is 5. The predicted octanol–water partition coefficient (Wildman–Crippen LogP) is 3.68. The molecule has 4 aromatic rings. The molecule has 0 aliphatic heterocycles. The van der Waals surface area contributed by atoms with Crippen molar-refractivity contribution in [1.29, 1.82) is 0 Å². The van der Waals surface area contributed by atoms with Gasteiger partial charge < -0.3 is 20.0 Å². The lowest BCUT2D eigenvalue weighted by molar-refractivity contribution is 0.0694. The van der Waals surface area contributed by atoms with Gasteiger partial charge >= 0.3 is 5.97 Å². The van der Waals surface area contributed by atoms with E-state index in [9.17, 15) is 14.4 Å². The normalized spacial score (nSPS) is 10.4. The maximum absolute atomic E-state index is 13.0. The molecule has 1 heterocycles. The number of ether oxygens (including phenoxy) is 1. The van der Waals surface area contributed by atoms with Crippen LogP contribution in [0.5, 0.6) is 5.75 Å². The second kappa shape index (κ2) is 11.5. The minimum absolute atomic E-state index is 0.00477. The number of hydrogen-bond donors (Lipinski definition) is 2. The zero-order valence-electron chi connectivity index (χ0n) is 19.3. The van der Waals surface area contributed by atoms with Crippen LogP contribution in [-0.4, -0.2) is 21.7 Å². The zero-order valence-corrected chi connectivity index (χ0v) is 19.3. The minimum Gasteiger partial charge on any atom is -0.483 e. The summed E-state index contributed by atoms with van der Waals surface area (Å²) in [6.45, 7) is 0.489. The first kappa shape index (κ1) is 24.3. The summed E-state index contributed by atoms with van der Waals surface area (Å²) >= 11 is 0. The number of benzene rings is 3. The topological polar surface area (TPSA) is 107 Å². The second-order valence-electron chi connectivity index (χ2n) is 7.93. The molecule has 0 radical (unpaired) electrons. The van der Waals surface area contributed by atoms with Gasteiger partial charge in [-0.2, -0.15) is 4.73 Å². The van der Waals surface area contributed by atoms with Crippen molar-refractivity contribution in [2.24, 2.45) is 0 Å². The summed E-state index contributed by atoms with van der Waals surface area (Å²) in [5, 5.41) is 11.8. The number of carboxylic acids is 1. The number of nitrogens with zero attached hydrogens (tertiary/aromatic N) is 1. The van der Waals surface area contributed by atoms with Crippen molar-refractivity contribution in [2.45, 2.75) is 19.8 Å². The van der Waals surface area contributed by atoms with E-state index in [-0.39, 0.29) is 36.8 Å². The lowest BCUT2D eigenvalue weighted by atomic mass is 10.1. The first-order valence-electron chi connectivity index (χ1n) is 11.2. The van der Waals surface area contributed by atoms with Crippen LogP contribution in [0.1, 0.15) is 37.5 Å². The molecule has 0 aliphatic carbocycles. The molecule has 1 amide bonds. The standard InChI is InChI=1S/C28H24N2O6/c31-25-15-24(27(32)29-16-20-11-13-23(14-12-20)28(33)34)30(36-19-22-9-5-2-6-10-22)17-26(25)35-18-21-7-3-1-4-8-21/h1-15,17H,16,18-19H2,(H,29,32)(H,33,34). The molecule has 182 valence electrons. The largest absolute Gasteiger partial charge is 0.483 e. The molecule has 3 aromatic carbocycles. The molecule has 0 unspecified atom stereocenters.